The van der Waals surface area contributed by atoms with E-state index in [9.17, 15) is 9.90 Å². The van der Waals surface area contributed by atoms with Crippen molar-refractivity contribution in [1.29, 1.82) is 0 Å². The molecule has 2 aromatic carbocycles. The number of aryl methyl sites for hydroxylation is 2. The van der Waals surface area contributed by atoms with Gasteiger partial charge in [0.25, 0.3) is 5.89 Å². The first-order chi connectivity index (χ1) is 18.6. The van der Waals surface area contributed by atoms with Crippen LogP contribution in [0.1, 0.15) is 62.8 Å². The maximum Gasteiger partial charge on any atom is 0.258 e. The molecule has 0 bridgehead atoms. The minimum absolute atomic E-state index is 0.00285. The number of nitrogens with one attached hydrogen (secondary N) is 2. The second-order valence-electron chi connectivity index (χ2n) is 10.6. The van der Waals surface area contributed by atoms with Gasteiger partial charge in [-0.15, -0.1) is 0 Å². The number of hydrogen-bond acceptors (Lipinski definition) is 8. The topological polar surface area (TPSA) is 130 Å². The Kier molecular flexibility index (Phi) is 11.0. The monoisotopic (exact) mass is 538 g/mol. The van der Waals surface area contributed by atoms with Gasteiger partial charge in [-0.05, 0) is 78.2 Å². The van der Waals surface area contributed by atoms with Gasteiger partial charge < -0.3 is 30.1 Å². The van der Waals surface area contributed by atoms with Crippen LogP contribution in [0.5, 0.6) is 5.75 Å². The Balaban J connectivity index is 1.81. The molecule has 1 aromatic heterocycles. The van der Waals surface area contributed by atoms with E-state index in [0.717, 1.165) is 35.3 Å². The summed E-state index contributed by atoms with van der Waals surface area (Å²) in [5.74, 6) is 2.05. The Bertz CT molecular complexity index is 1240. The molecular formula is C30H42N4O5. The number of ether oxygens (including phenoxy) is 1. The molecule has 212 valence electrons. The van der Waals surface area contributed by atoms with Crippen LogP contribution in [0.2, 0.25) is 0 Å². The largest absolute Gasteiger partial charge is 0.490 e. The van der Waals surface area contributed by atoms with Crippen molar-refractivity contribution in [3.8, 4) is 28.6 Å². The number of carbonyl (C=O) groups excluding carboxylic acids is 1. The molecule has 1 heterocycles. The molecule has 9 nitrogen and oxygen atoms in total. The zero-order chi connectivity index (χ0) is 28.5. The molecule has 0 aliphatic carbocycles. The smallest absolute Gasteiger partial charge is 0.258 e. The summed E-state index contributed by atoms with van der Waals surface area (Å²) >= 11 is 0. The summed E-state index contributed by atoms with van der Waals surface area (Å²) in [6.07, 6.45) is -0.203. The van der Waals surface area contributed by atoms with Crippen molar-refractivity contribution >= 4 is 5.91 Å². The van der Waals surface area contributed by atoms with Crippen LogP contribution in [0.4, 0.5) is 0 Å². The fraction of sp³-hybridized carbons (Fsp3) is 0.500. The van der Waals surface area contributed by atoms with Crippen LogP contribution in [0.25, 0.3) is 22.8 Å². The van der Waals surface area contributed by atoms with Gasteiger partial charge in [0.15, 0.2) is 0 Å². The lowest BCUT2D eigenvalue weighted by Crippen LogP contribution is -2.36. The Morgan fingerprint density at radius 1 is 1.08 bits per heavy atom. The molecule has 3 aromatic rings. The first-order valence-corrected chi connectivity index (χ1v) is 13.6. The van der Waals surface area contributed by atoms with Gasteiger partial charge >= 0.3 is 0 Å². The molecule has 0 radical (unpaired) electrons. The average Bonchev–Trinajstić information content (AvgIpc) is 3.40. The van der Waals surface area contributed by atoms with Crippen molar-refractivity contribution < 1.29 is 24.3 Å². The van der Waals surface area contributed by atoms with E-state index in [1.54, 1.807) is 0 Å². The molecule has 39 heavy (non-hydrogen) atoms. The molecule has 0 saturated heterocycles. The number of aliphatic hydroxyl groups excluding tert-OH is 2. The van der Waals surface area contributed by atoms with Crippen molar-refractivity contribution in [2.45, 2.75) is 66.5 Å². The SMILES string of the molecule is CCc1cc(-c2noc(-c3cc(CNCC(C)C)cc(C(C)C)c3)n2)cc(C)c1OCC(O)CNC(=O)CO. The van der Waals surface area contributed by atoms with Crippen molar-refractivity contribution in [2.75, 3.05) is 26.3 Å². The normalized spacial score (nSPS) is 12.3. The number of aromatic nitrogens is 2. The second-order valence-corrected chi connectivity index (χ2v) is 10.6. The highest BCUT2D eigenvalue weighted by Crippen LogP contribution is 2.32. The second kappa shape index (κ2) is 14.2. The molecule has 9 heteroatoms. The molecule has 3 rings (SSSR count). The van der Waals surface area contributed by atoms with Crippen molar-refractivity contribution in [1.82, 2.24) is 20.8 Å². The number of aliphatic hydroxyl groups is 2. The van der Waals surface area contributed by atoms with Gasteiger partial charge in [-0.25, -0.2) is 0 Å². The average molecular weight is 539 g/mol. The lowest BCUT2D eigenvalue weighted by molar-refractivity contribution is -0.124. The summed E-state index contributed by atoms with van der Waals surface area (Å²) in [6.45, 7) is 13.8. The van der Waals surface area contributed by atoms with Crippen molar-refractivity contribution in [3.05, 3.63) is 52.6 Å². The molecule has 1 unspecified atom stereocenters. The summed E-state index contributed by atoms with van der Waals surface area (Å²) in [4.78, 5) is 15.9. The van der Waals surface area contributed by atoms with Gasteiger partial charge in [0.2, 0.25) is 11.7 Å². The zero-order valence-electron chi connectivity index (χ0n) is 23.9. The number of rotatable bonds is 14. The van der Waals surface area contributed by atoms with E-state index in [1.807, 2.05) is 26.0 Å². The van der Waals surface area contributed by atoms with E-state index in [0.29, 0.717) is 35.7 Å². The minimum Gasteiger partial charge on any atom is -0.490 e. The van der Waals surface area contributed by atoms with E-state index in [2.05, 4.69) is 61.7 Å². The minimum atomic E-state index is -0.906. The zero-order valence-corrected chi connectivity index (χ0v) is 23.9. The van der Waals surface area contributed by atoms with Crippen LogP contribution < -0.4 is 15.4 Å². The van der Waals surface area contributed by atoms with E-state index >= 15 is 0 Å². The third-order valence-corrected chi connectivity index (χ3v) is 6.33. The lowest BCUT2D eigenvalue weighted by atomic mass is 9.97. The summed E-state index contributed by atoms with van der Waals surface area (Å²) in [5.41, 5.74) is 5.95. The number of hydrogen-bond donors (Lipinski definition) is 4. The van der Waals surface area contributed by atoms with Crippen LogP contribution in [-0.2, 0) is 17.8 Å². The summed E-state index contributed by atoms with van der Waals surface area (Å²) in [6, 6.07) is 10.4. The fourth-order valence-electron chi connectivity index (χ4n) is 4.21. The van der Waals surface area contributed by atoms with E-state index in [1.165, 1.54) is 11.1 Å². The standard InChI is InChI=1S/C30H42N4O5/c1-7-22-11-24(8-20(6)28(22)38-17-26(36)15-32-27(37)16-35)29-33-30(39-34-29)25-10-21(14-31-13-18(2)3)9-23(12-25)19(4)5/h8-12,18-19,26,31,35-36H,7,13-17H2,1-6H3,(H,32,37). The molecule has 0 aliphatic heterocycles. The van der Waals surface area contributed by atoms with Gasteiger partial charge in [-0.3, -0.25) is 4.79 Å². The lowest BCUT2D eigenvalue weighted by Gasteiger charge is -2.17. The number of benzene rings is 2. The summed E-state index contributed by atoms with van der Waals surface area (Å²) in [5, 5.41) is 29.2. The molecule has 0 saturated carbocycles. The predicted molar refractivity (Wildman–Crippen MR) is 152 cm³/mol. The molecule has 0 spiro atoms. The molecule has 0 aliphatic rings. The van der Waals surface area contributed by atoms with Crippen LogP contribution >= 0.6 is 0 Å². The van der Waals surface area contributed by atoms with Gasteiger partial charge in [0.05, 0.1) is 0 Å². The van der Waals surface area contributed by atoms with Gasteiger partial charge in [-0.1, -0.05) is 45.8 Å². The third kappa shape index (κ3) is 8.61. The van der Waals surface area contributed by atoms with E-state index in [-0.39, 0.29) is 13.2 Å². The van der Waals surface area contributed by atoms with Gasteiger partial charge in [0, 0.05) is 24.2 Å². The predicted octanol–water partition coefficient (Wildman–Crippen LogP) is 3.99. The molecule has 0 fully saturated rings. The Hall–Kier alpha value is -3.27. The highest BCUT2D eigenvalue weighted by Gasteiger charge is 2.17. The van der Waals surface area contributed by atoms with Gasteiger partial charge in [-0.2, -0.15) is 4.98 Å². The third-order valence-electron chi connectivity index (χ3n) is 6.33. The molecular weight excluding hydrogens is 496 g/mol. The Morgan fingerprint density at radius 3 is 2.51 bits per heavy atom. The van der Waals surface area contributed by atoms with Crippen molar-refractivity contribution in [2.24, 2.45) is 5.92 Å². The quantitative estimate of drug-likeness (QED) is 0.242. The summed E-state index contributed by atoms with van der Waals surface area (Å²) < 4.78 is 11.6. The molecule has 1 amide bonds. The first-order valence-electron chi connectivity index (χ1n) is 13.6. The van der Waals surface area contributed by atoms with E-state index in [4.69, 9.17) is 19.4 Å². The maximum absolute atomic E-state index is 11.2. The van der Waals surface area contributed by atoms with Crippen LogP contribution in [-0.4, -0.2) is 58.7 Å². The fourth-order valence-corrected chi connectivity index (χ4v) is 4.21. The Morgan fingerprint density at radius 2 is 1.85 bits per heavy atom. The molecule has 4 N–H and O–H groups in total. The van der Waals surface area contributed by atoms with Gasteiger partial charge in [0.1, 0.15) is 25.1 Å². The van der Waals surface area contributed by atoms with Crippen LogP contribution in [0.15, 0.2) is 34.9 Å². The first kappa shape index (κ1) is 30.3. The number of amides is 1. The maximum atomic E-state index is 11.2. The number of nitrogens with zero attached hydrogens (tertiary/aromatic N) is 2. The highest BCUT2D eigenvalue weighted by molar-refractivity contribution is 5.76. The summed E-state index contributed by atoms with van der Waals surface area (Å²) in [7, 11) is 0. The van der Waals surface area contributed by atoms with Crippen molar-refractivity contribution in [3.63, 3.8) is 0 Å². The number of carbonyl (C=O) groups is 1. The highest BCUT2D eigenvalue weighted by atomic mass is 16.5. The molecule has 1 atom stereocenters. The van der Waals surface area contributed by atoms with Crippen LogP contribution in [0, 0.1) is 12.8 Å². The van der Waals surface area contributed by atoms with E-state index < -0.39 is 18.6 Å². The van der Waals surface area contributed by atoms with Crippen LogP contribution in [0.3, 0.4) is 0 Å². The Labute approximate surface area is 231 Å².